The van der Waals surface area contributed by atoms with Crippen molar-refractivity contribution in [2.45, 2.75) is 13.3 Å². The number of nitrogens with zero attached hydrogens (tertiary/aromatic N) is 1. The standard InChI is InChI=1S/C11H12N2O2/c1-2-15-11(14)7-10-8-5-3-4-6-9(8)12-13-10/h3-6H,2,7H2,1H3,(H,12,13). The summed E-state index contributed by atoms with van der Waals surface area (Å²) in [6, 6.07) is 7.71. The molecule has 0 bridgehead atoms. The van der Waals surface area contributed by atoms with Crippen molar-refractivity contribution >= 4 is 16.9 Å². The van der Waals surface area contributed by atoms with Gasteiger partial charge in [-0.05, 0) is 13.0 Å². The van der Waals surface area contributed by atoms with Gasteiger partial charge in [0.2, 0.25) is 0 Å². The molecule has 0 saturated heterocycles. The Morgan fingerprint density at radius 2 is 2.27 bits per heavy atom. The lowest BCUT2D eigenvalue weighted by atomic mass is 10.2. The van der Waals surface area contributed by atoms with Crippen LogP contribution in [0.25, 0.3) is 10.9 Å². The Morgan fingerprint density at radius 1 is 1.47 bits per heavy atom. The number of ether oxygens (including phenoxy) is 1. The molecular weight excluding hydrogens is 192 g/mol. The largest absolute Gasteiger partial charge is 0.466 e. The third-order valence-corrected chi connectivity index (χ3v) is 2.17. The van der Waals surface area contributed by atoms with E-state index in [0.29, 0.717) is 6.61 Å². The van der Waals surface area contributed by atoms with Crippen molar-refractivity contribution in [2.24, 2.45) is 0 Å². The molecule has 15 heavy (non-hydrogen) atoms. The molecule has 0 aliphatic rings. The maximum Gasteiger partial charge on any atom is 0.311 e. The van der Waals surface area contributed by atoms with Crippen LogP contribution >= 0.6 is 0 Å². The van der Waals surface area contributed by atoms with Crippen molar-refractivity contribution in [1.29, 1.82) is 0 Å². The summed E-state index contributed by atoms with van der Waals surface area (Å²) >= 11 is 0. The molecule has 0 amide bonds. The summed E-state index contributed by atoms with van der Waals surface area (Å²) in [4.78, 5) is 11.3. The van der Waals surface area contributed by atoms with Gasteiger partial charge in [-0.1, -0.05) is 18.2 Å². The lowest BCUT2D eigenvalue weighted by Crippen LogP contribution is -2.07. The van der Waals surface area contributed by atoms with Gasteiger partial charge in [-0.3, -0.25) is 9.89 Å². The number of aromatic nitrogens is 2. The molecule has 0 spiro atoms. The van der Waals surface area contributed by atoms with Crippen LogP contribution in [0.5, 0.6) is 0 Å². The van der Waals surface area contributed by atoms with E-state index >= 15 is 0 Å². The van der Waals surface area contributed by atoms with Crippen LogP contribution in [-0.2, 0) is 16.0 Å². The third kappa shape index (κ3) is 1.98. The molecule has 1 N–H and O–H groups in total. The number of para-hydroxylation sites is 1. The number of esters is 1. The summed E-state index contributed by atoms with van der Waals surface area (Å²) in [5.41, 5.74) is 1.68. The summed E-state index contributed by atoms with van der Waals surface area (Å²) in [6.07, 6.45) is 0.220. The topological polar surface area (TPSA) is 55.0 Å². The van der Waals surface area contributed by atoms with Gasteiger partial charge in [0, 0.05) is 5.39 Å². The fraction of sp³-hybridized carbons (Fsp3) is 0.273. The van der Waals surface area contributed by atoms with E-state index in [-0.39, 0.29) is 12.4 Å². The van der Waals surface area contributed by atoms with Gasteiger partial charge in [-0.2, -0.15) is 5.10 Å². The molecule has 0 unspecified atom stereocenters. The van der Waals surface area contributed by atoms with Gasteiger partial charge in [0.05, 0.1) is 24.2 Å². The number of nitrogens with one attached hydrogen (secondary N) is 1. The van der Waals surface area contributed by atoms with Crippen molar-refractivity contribution in [2.75, 3.05) is 6.61 Å². The smallest absolute Gasteiger partial charge is 0.311 e. The number of carbonyl (C=O) groups excluding carboxylic acids is 1. The zero-order chi connectivity index (χ0) is 10.7. The van der Waals surface area contributed by atoms with Crippen LogP contribution in [-0.4, -0.2) is 22.8 Å². The average molecular weight is 204 g/mol. The maximum atomic E-state index is 11.3. The number of H-pyrrole nitrogens is 1. The highest BCUT2D eigenvalue weighted by Crippen LogP contribution is 2.15. The van der Waals surface area contributed by atoms with E-state index < -0.39 is 0 Å². The van der Waals surface area contributed by atoms with Crippen molar-refractivity contribution in [3.05, 3.63) is 30.0 Å². The second-order valence-corrected chi connectivity index (χ2v) is 3.20. The van der Waals surface area contributed by atoms with Crippen LogP contribution in [0.3, 0.4) is 0 Å². The molecule has 0 radical (unpaired) electrons. The predicted octanol–water partition coefficient (Wildman–Crippen LogP) is 1.67. The molecule has 1 heterocycles. The molecule has 0 atom stereocenters. The van der Waals surface area contributed by atoms with E-state index in [1.165, 1.54) is 0 Å². The normalized spacial score (nSPS) is 10.5. The number of carbonyl (C=O) groups is 1. The number of fused-ring (bicyclic) bond motifs is 1. The first-order valence-electron chi connectivity index (χ1n) is 4.89. The lowest BCUT2D eigenvalue weighted by Gasteiger charge is -1.98. The predicted molar refractivity (Wildman–Crippen MR) is 56.4 cm³/mol. The van der Waals surface area contributed by atoms with Gasteiger partial charge in [-0.25, -0.2) is 0 Å². The molecular formula is C11H12N2O2. The summed E-state index contributed by atoms with van der Waals surface area (Å²) < 4.78 is 4.87. The van der Waals surface area contributed by atoms with Crippen LogP contribution < -0.4 is 0 Å². The van der Waals surface area contributed by atoms with Gasteiger partial charge >= 0.3 is 5.97 Å². The van der Waals surface area contributed by atoms with Crippen LogP contribution in [0.1, 0.15) is 12.6 Å². The van der Waals surface area contributed by atoms with Crippen molar-refractivity contribution in [1.82, 2.24) is 10.2 Å². The quantitative estimate of drug-likeness (QED) is 0.774. The number of hydrogen-bond acceptors (Lipinski definition) is 3. The second kappa shape index (κ2) is 4.13. The highest BCUT2D eigenvalue weighted by atomic mass is 16.5. The second-order valence-electron chi connectivity index (χ2n) is 3.20. The van der Waals surface area contributed by atoms with Crippen molar-refractivity contribution < 1.29 is 9.53 Å². The van der Waals surface area contributed by atoms with Gasteiger partial charge in [0.15, 0.2) is 0 Å². The average Bonchev–Trinajstić information content (AvgIpc) is 2.62. The first-order chi connectivity index (χ1) is 7.31. The maximum absolute atomic E-state index is 11.3. The summed E-state index contributed by atoms with van der Waals surface area (Å²) in [6.45, 7) is 2.20. The molecule has 4 nitrogen and oxygen atoms in total. The number of benzene rings is 1. The van der Waals surface area contributed by atoms with E-state index in [1.54, 1.807) is 6.92 Å². The van der Waals surface area contributed by atoms with Crippen LogP contribution in [0.4, 0.5) is 0 Å². The molecule has 2 rings (SSSR count). The minimum Gasteiger partial charge on any atom is -0.466 e. The minimum absolute atomic E-state index is 0.220. The summed E-state index contributed by atoms with van der Waals surface area (Å²) in [7, 11) is 0. The SMILES string of the molecule is CCOC(=O)Cc1n[nH]c2ccccc12. The highest BCUT2D eigenvalue weighted by Gasteiger charge is 2.10. The van der Waals surface area contributed by atoms with Gasteiger partial charge in [-0.15, -0.1) is 0 Å². The van der Waals surface area contributed by atoms with E-state index in [1.807, 2.05) is 24.3 Å². The zero-order valence-corrected chi connectivity index (χ0v) is 8.49. The molecule has 0 saturated carbocycles. The van der Waals surface area contributed by atoms with Gasteiger partial charge in [0.25, 0.3) is 0 Å². The van der Waals surface area contributed by atoms with Crippen molar-refractivity contribution in [3.63, 3.8) is 0 Å². The van der Waals surface area contributed by atoms with E-state index in [4.69, 9.17) is 4.74 Å². The molecule has 1 aromatic heterocycles. The number of hydrogen-bond donors (Lipinski definition) is 1. The Morgan fingerprint density at radius 3 is 3.07 bits per heavy atom. The first-order valence-corrected chi connectivity index (χ1v) is 4.89. The molecule has 1 aromatic carbocycles. The Kier molecular flexibility index (Phi) is 2.67. The van der Waals surface area contributed by atoms with E-state index in [9.17, 15) is 4.79 Å². The third-order valence-electron chi connectivity index (χ3n) is 2.17. The highest BCUT2D eigenvalue weighted by molar-refractivity contribution is 5.85. The number of rotatable bonds is 3. The molecule has 0 aliphatic carbocycles. The fourth-order valence-corrected chi connectivity index (χ4v) is 1.50. The van der Waals surface area contributed by atoms with Crippen molar-refractivity contribution in [3.8, 4) is 0 Å². The Hall–Kier alpha value is -1.84. The zero-order valence-electron chi connectivity index (χ0n) is 8.49. The van der Waals surface area contributed by atoms with Crippen LogP contribution in [0.2, 0.25) is 0 Å². The summed E-state index contributed by atoms with van der Waals surface area (Å²) in [5.74, 6) is -0.241. The van der Waals surface area contributed by atoms with E-state index in [2.05, 4.69) is 10.2 Å². The Labute approximate surface area is 87.2 Å². The van der Waals surface area contributed by atoms with Gasteiger partial charge < -0.3 is 4.74 Å². The van der Waals surface area contributed by atoms with Gasteiger partial charge in [0.1, 0.15) is 0 Å². The summed E-state index contributed by atoms with van der Waals surface area (Å²) in [5, 5.41) is 7.95. The van der Waals surface area contributed by atoms with E-state index in [0.717, 1.165) is 16.6 Å². The van der Waals surface area contributed by atoms with Crippen LogP contribution in [0.15, 0.2) is 24.3 Å². The minimum atomic E-state index is -0.241. The molecule has 0 aliphatic heterocycles. The monoisotopic (exact) mass is 204 g/mol. The molecule has 0 fully saturated rings. The fourth-order valence-electron chi connectivity index (χ4n) is 1.50. The number of aromatic amines is 1. The molecule has 2 aromatic rings. The molecule has 4 heteroatoms. The Balaban J connectivity index is 2.25. The lowest BCUT2D eigenvalue weighted by molar-refractivity contribution is -0.142. The molecule has 78 valence electrons. The Bertz CT molecular complexity index is 476. The first kappa shape index (κ1) is 9.71. The van der Waals surface area contributed by atoms with Crippen LogP contribution in [0, 0.1) is 0 Å².